The number of rotatable bonds is 6. The molecule has 0 unspecified atom stereocenters. The highest BCUT2D eigenvalue weighted by Gasteiger charge is 2.51. The first-order valence-corrected chi connectivity index (χ1v) is 9.86. The number of halogens is 1. The minimum absolute atomic E-state index is 0.285. The Labute approximate surface area is 179 Å². The lowest BCUT2D eigenvalue weighted by Gasteiger charge is -2.23. The number of amides is 1. The summed E-state index contributed by atoms with van der Waals surface area (Å²) in [5.74, 6) is -0.264. The molecular formula is C24H20ClNO4. The number of benzene rings is 3. The smallest absolute Gasteiger partial charge is 0.264 e. The van der Waals surface area contributed by atoms with E-state index in [1.165, 1.54) is 4.90 Å². The number of carbonyl (C=O) groups is 2. The molecule has 1 aliphatic rings. The summed E-state index contributed by atoms with van der Waals surface area (Å²) in [5.41, 5.74) is 0.224. The lowest BCUT2D eigenvalue weighted by Crippen LogP contribution is -2.41. The number of ketones is 1. The molecule has 30 heavy (non-hydrogen) atoms. The van der Waals surface area contributed by atoms with Crippen LogP contribution in [0.2, 0.25) is 5.02 Å². The minimum Gasteiger partial charge on any atom is -0.497 e. The van der Waals surface area contributed by atoms with Crippen molar-refractivity contribution in [3.63, 3.8) is 0 Å². The summed E-state index contributed by atoms with van der Waals surface area (Å²) < 4.78 is 5.11. The number of methoxy groups -OCH3 is 1. The molecule has 0 bridgehead atoms. The Morgan fingerprint density at radius 2 is 1.77 bits per heavy atom. The van der Waals surface area contributed by atoms with Gasteiger partial charge in [0.15, 0.2) is 11.4 Å². The zero-order valence-electron chi connectivity index (χ0n) is 16.3. The lowest BCUT2D eigenvalue weighted by molar-refractivity contribution is -0.136. The van der Waals surface area contributed by atoms with Crippen molar-refractivity contribution in [3.8, 4) is 5.75 Å². The molecule has 1 amide bonds. The highest BCUT2D eigenvalue weighted by Crippen LogP contribution is 2.44. The molecule has 1 aliphatic heterocycles. The molecule has 0 aliphatic carbocycles. The van der Waals surface area contributed by atoms with Crippen molar-refractivity contribution in [1.82, 2.24) is 0 Å². The van der Waals surface area contributed by atoms with Crippen molar-refractivity contribution in [2.75, 3.05) is 12.0 Å². The van der Waals surface area contributed by atoms with Crippen LogP contribution in [0.3, 0.4) is 0 Å². The molecule has 0 aromatic heterocycles. The molecule has 1 atom stereocenters. The average Bonchev–Trinajstić information content (AvgIpc) is 2.96. The van der Waals surface area contributed by atoms with Gasteiger partial charge in [0.05, 0.1) is 25.8 Å². The van der Waals surface area contributed by atoms with Gasteiger partial charge in [-0.3, -0.25) is 9.59 Å². The molecule has 0 fully saturated rings. The van der Waals surface area contributed by atoms with Crippen LogP contribution in [0, 0.1) is 0 Å². The highest BCUT2D eigenvalue weighted by atomic mass is 35.5. The van der Waals surface area contributed by atoms with E-state index in [1.54, 1.807) is 49.6 Å². The minimum atomic E-state index is -1.98. The van der Waals surface area contributed by atoms with E-state index in [9.17, 15) is 14.7 Å². The highest BCUT2D eigenvalue weighted by molar-refractivity contribution is 6.31. The zero-order chi connectivity index (χ0) is 21.3. The molecule has 4 rings (SSSR count). The van der Waals surface area contributed by atoms with Crippen molar-refractivity contribution in [2.45, 2.75) is 18.6 Å². The van der Waals surface area contributed by atoms with Gasteiger partial charge < -0.3 is 14.7 Å². The van der Waals surface area contributed by atoms with Gasteiger partial charge in [-0.15, -0.1) is 0 Å². The van der Waals surface area contributed by atoms with Crippen LogP contribution < -0.4 is 9.64 Å². The third-order valence-corrected chi connectivity index (χ3v) is 5.54. The van der Waals surface area contributed by atoms with Gasteiger partial charge in [0.2, 0.25) is 0 Å². The Morgan fingerprint density at radius 1 is 1.07 bits per heavy atom. The molecule has 0 saturated carbocycles. The molecule has 6 heteroatoms. The van der Waals surface area contributed by atoms with E-state index in [2.05, 4.69) is 0 Å². The van der Waals surface area contributed by atoms with Gasteiger partial charge in [-0.05, 0) is 48.0 Å². The maximum Gasteiger partial charge on any atom is 0.264 e. The summed E-state index contributed by atoms with van der Waals surface area (Å²) in [6.45, 7) is 0.285. The number of aliphatic hydroxyl groups is 1. The topological polar surface area (TPSA) is 66.8 Å². The SMILES string of the molecule is COc1ccc(C(=O)C[C@]2(O)C(=O)N(Cc3ccccc3)c3ccc(Cl)cc32)cc1. The average molecular weight is 422 g/mol. The number of carbonyl (C=O) groups excluding carboxylic acids is 2. The summed E-state index contributed by atoms with van der Waals surface area (Å²) in [6, 6.07) is 21.0. The zero-order valence-corrected chi connectivity index (χ0v) is 17.1. The van der Waals surface area contributed by atoms with Crippen LogP contribution in [0.15, 0.2) is 72.8 Å². The maximum absolute atomic E-state index is 13.3. The Morgan fingerprint density at radius 3 is 2.43 bits per heavy atom. The summed E-state index contributed by atoms with van der Waals surface area (Å²) in [7, 11) is 1.54. The van der Waals surface area contributed by atoms with Gasteiger partial charge >= 0.3 is 0 Å². The van der Waals surface area contributed by atoms with Crippen molar-refractivity contribution in [1.29, 1.82) is 0 Å². The van der Waals surface area contributed by atoms with E-state index in [4.69, 9.17) is 16.3 Å². The molecule has 3 aromatic rings. The number of nitrogens with zero attached hydrogens (tertiary/aromatic N) is 1. The standard InChI is InChI=1S/C24H20ClNO4/c1-30-19-10-7-17(8-11-19)22(27)14-24(29)20-13-18(25)9-12-21(20)26(23(24)28)15-16-5-3-2-4-6-16/h2-13,29H,14-15H2,1H3/t24-/m1/s1. The summed E-state index contributed by atoms with van der Waals surface area (Å²) in [5, 5.41) is 11.8. The predicted octanol–water partition coefficient (Wildman–Crippen LogP) is 4.36. The van der Waals surface area contributed by atoms with Crippen molar-refractivity contribution >= 4 is 29.0 Å². The Balaban J connectivity index is 1.68. The van der Waals surface area contributed by atoms with Gasteiger partial charge in [-0.2, -0.15) is 0 Å². The molecular weight excluding hydrogens is 402 g/mol. The van der Waals surface area contributed by atoms with E-state index in [1.807, 2.05) is 30.3 Å². The summed E-state index contributed by atoms with van der Waals surface area (Å²) >= 11 is 6.15. The quantitative estimate of drug-likeness (QED) is 0.601. The number of fused-ring (bicyclic) bond motifs is 1. The second-order valence-electron chi connectivity index (χ2n) is 7.23. The van der Waals surface area contributed by atoms with Gasteiger partial charge in [0.1, 0.15) is 5.75 Å². The van der Waals surface area contributed by atoms with E-state index < -0.39 is 11.5 Å². The van der Waals surface area contributed by atoms with Crippen LogP contribution in [-0.2, 0) is 16.9 Å². The van der Waals surface area contributed by atoms with Crippen LogP contribution in [0.25, 0.3) is 0 Å². The van der Waals surface area contributed by atoms with Crippen molar-refractivity contribution in [3.05, 3.63) is 94.5 Å². The van der Waals surface area contributed by atoms with Crippen molar-refractivity contribution < 1.29 is 19.4 Å². The predicted molar refractivity (Wildman–Crippen MR) is 115 cm³/mol. The van der Waals surface area contributed by atoms with Crippen LogP contribution in [0.1, 0.15) is 27.9 Å². The molecule has 3 aromatic carbocycles. The van der Waals surface area contributed by atoms with Gasteiger partial charge in [-0.1, -0.05) is 41.9 Å². The van der Waals surface area contributed by atoms with Gasteiger partial charge in [0.25, 0.3) is 5.91 Å². The molecule has 152 valence electrons. The normalized spacial score (nSPS) is 17.7. The van der Waals surface area contributed by atoms with E-state index in [0.29, 0.717) is 27.6 Å². The molecule has 1 N–H and O–H groups in total. The summed E-state index contributed by atoms with van der Waals surface area (Å²) in [6.07, 6.45) is -0.378. The van der Waals surface area contributed by atoms with Crippen molar-refractivity contribution in [2.24, 2.45) is 0 Å². The van der Waals surface area contributed by atoms with E-state index in [-0.39, 0.29) is 18.7 Å². The number of anilines is 1. The van der Waals surface area contributed by atoms with E-state index in [0.717, 1.165) is 5.56 Å². The largest absolute Gasteiger partial charge is 0.497 e. The number of hydrogen-bond acceptors (Lipinski definition) is 4. The third-order valence-electron chi connectivity index (χ3n) is 5.31. The number of hydrogen-bond donors (Lipinski definition) is 1. The second kappa shape index (κ2) is 7.94. The molecule has 1 heterocycles. The number of ether oxygens (including phenoxy) is 1. The lowest BCUT2D eigenvalue weighted by atomic mass is 9.88. The van der Waals surface area contributed by atoms with Crippen LogP contribution in [-0.4, -0.2) is 23.9 Å². The van der Waals surface area contributed by atoms with Gasteiger partial charge in [-0.25, -0.2) is 0 Å². The fourth-order valence-electron chi connectivity index (χ4n) is 3.73. The first-order chi connectivity index (χ1) is 14.4. The number of Topliss-reactive ketones (excluding diaryl/α,β-unsaturated/α-hetero) is 1. The van der Waals surface area contributed by atoms with Crippen LogP contribution >= 0.6 is 11.6 Å². The summed E-state index contributed by atoms with van der Waals surface area (Å²) in [4.78, 5) is 27.7. The third kappa shape index (κ3) is 3.58. The fraction of sp³-hybridized carbons (Fsp3) is 0.167. The molecule has 0 spiro atoms. The first-order valence-electron chi connectivity index (χ1n) is 9.48. The van der Waals surface area contributed by atoms with Gasteiger partial charge in [0, 0.05) is 16.1 Å². The molecule has 0 saturated heterocycles. The first kappa shape index (κ1) is 20.1. The van der Waals surface area contributed by atoms with Crippen LogP contribution in [0.5, 0.6) is 5.75 Å². The monoisotopic (exact) mass is 421 g/mol. The molecule has 0 radical (unpaired) electrons. The Bertz CT molecular complexity index is 1100. The van der Waals surface area contributed by atoms with E-state index >= 15 is 0 Å². The molecule has 5 nitrogen and oxygen atoms in total. The Hall–Kier alpha value is -3.15. The Kier molecular flexibility index (Phi) is 5.33. The second-order valence-corrected chi connectivity index (χ2v) is 7.66. The maximum atomic E-state index is 13.3. The fourth-order valence-corrected chi connectivity index (χ4v) is 3.90. The van der Waals surface area contributed by atoms with Crippen LogP contribution in [0.4, 0.5) is 5.69 Å².